The maximum absolute atomic E-state index is 11.3. The van der Waals surface area contributed by atoms with Crippen LogP contribution in [0, 0.1) is 0 Å². The number of esters is 2. The van der Waals surface area contributed by atoms with Crippen LogP contribution in [0.4, 0.5) is 0 Å². The van der Waals surface area contributed by atoms with Crippen molar-refractivity contribution in [2.24, 2.45) is 0 Å². The summed E-state index contributed by atoms with van der Waals surface area (Å²) in [4.78, 5) is 22.6. The zero-order valence-corrected chi connectivity index (χ0v) is 20.9. The normalized spacial score (nSPS) is 11.5. The van der Waals surface area contributed by atoms with E-state index in [1.165, 1.54) is 13.8 Å². The lowest BCUT2D eigenvalue weighted by atomic mass is 10.3. The molecule has 31 heavy (non-hydrogen) atoms. The highest BCUT2D eigenvalue weighted by Crippen LogP contribution is 2.29. The van der Waals surface area contributed by atoms with E-state index in [1.807, 2.05) is 12.1 Å². The van der Waals surface area contributed by atoms with Gasteiger partial charge in [0.05, 0.1) is 0 Å². The van der Waals surface area contributed by atoms with Crippen molar-refractivity contribution in [1.82, 2.24) is 0 Å². The highest BCUT2D eigenvalue weighted by molar-refractivity contribution is 6.84. The molecule has 2 rings (SSSR count). The summed E-state index contributed by atoms with van der Waals surface area (Å²) >= 11 is 0. The number of para-hydroxylation sites is 4. The van der Waals surface area contributed by atoms with Gasteiger partial charge in [0.15, 0.2) is 23.0 Å². The van der Waals surface area contributed by atoms with Gasteiger partial charge in [-0.2, -0.15) is 0 Å². The Labute approximate surface area is 185 Å². The first-order valence-electron chi connectivity index (χ1n) is 9.98. The largest absolute Gasteiger partial charge is 0.490 e. The lowest BCUT2D eigenvalue weighted by Gasteiger charge is -2.33. The molecular weight excluding hydrogens is 432 g/mol. The molecule has 0 spiro atoms. The van der Waals surface area contributed by atoms with Crippen LogP contribution in [0.25, 0.3) is 0 Å². The summed E-state index contributed by atoms with van der Waals surface area (Å²) in [6, 6.07) is 14.1. The van der Waals surface area contributed by atoms with E-state index in [4.69, 9.17) is 23.1 Å². The highest BCUT2D eigenvalue weighted by Gasteiger charge is 2.35. The van der Waals surface area contributed by atoms with Crippen molar-refractivity contribution < 1.29 is 32.7 Å². The molecule has 2 aromatic rings. The van der Waals surface area contributed by atoms with Crippen LogP contribution in [0.1, 0.15) is 13.8 Å². The van der Waals surface area contributed by atoms with Crippen molar-refractivity contribution in [2.75, 3.05) is 12.5 Å². The summed E-state index contributed by atoms with van der Waals surface area (Å²) in [7, 11) is -4.46. The van der Waals surface area contributed by atoms with Crippen LogP contribution in [-0.2, 0) is 13.7 Å². The minimum absolute atomic E-state index is 0.390. The Kier molecular flexibility index (Phi) is 8.43. The van der Waals surface area contributed by atoms with E-state index >= 15 is 0 Å². The summed E-state index contributed by atoms with van der Waals surface area (Å²) in [6.45, 7) is 11.0. The number of ether oxygens (including phenoxy) is 4. The highest BCUT2D eigenvalue weighted by atomic mass is 28.4. The fourth-order valence-corrected chi connectivity index (χ4v) is 10.4. The molecular formula is C22H30O7Si2. The maximum atomic E-state index is 11.3. The molecule has 0 bridgehead atoms. The molecule has 0 aliphatic carbocycles. The third kappa shape index (κ3) is 8.56. The summed E-state index contributed by atoms with van der Waals surface area (Å²) in [5.74, 6) is 0.997. The number of benzene rings is 2. The van der Waals surface area contributed by atoms with Crippen molar-refractivity contribution >= 4 is 28.6 Å². The fraction of sp³-hybridized carbons (Fsp3) is 0.364. The van der Waals surface area contributed by atoms with Crippen molar-refractivity contribution in [2.45, 2.75) is 40.0 Å². The standard InChI is InChI=1S/C22H30O7Si2/c1-17(23)27-21-13-9-7-11-19(21)25-15-30(3,4)29-31(5,6)16-26-20-12-8-10-14-22(20)28-18(2)24/h7-14H,15-16H2,1-6H3. The smallest absolute Gasteiger partial charge is 0.308 e. The molecule has 0 fully saturated rings. The number of hydrogen-bond donors (Lipinski definition) is 0. The molecule has 0 aromatic heterocycles. The van der Waals surface area contributed by atoms with Gasteiger partial charge in [-0.3, -0.25) is 9.59 Å². The molecule has 9 heteroatoms. The van der Waals surface area contributed by atoms with Crippen LogP contribution in [0.5, 0.6) is 23.0 Å². The molecule has 0 saturated heterocycles. The van der Waals surface area contributed by atoms with Crippen molar-refractivity contribution in [3.05, 3.63) is 48.5 Å². The average Bonchev–Trinajstić information content (AvgIpc) is 2.65. The monoisotopic (exact) mass is 462 g/mol. The molecule has 0 aliphatic rings. The number of hydrogen-bond acceptors (Lipinski definition) is 7. The fourth-order valence-electron chi connectivity index (χ4n) is 2.93. The minimum Gasteiger partial charge on any atom is -0.490 e. The molecule has 0 unspecified atom stereocenters. The topological polar surface area (TPSA) is 80.3 Å². The molecule has 0 saturated carbocycles. The van der Waals surface area contributed by atoms with Gasteiger partial charge in [-0.1, -0.05) is 24.3 Å². The van der Waals surface area contributed by atoms with E-state index in [1.54, 1.807) is 36.4 Å². The zero-order valence-electron chi connectivity index (χ0n) is 18.9. The first-order chi connectivity index (χ1) is 14.5. The minimum atomic E-state index is -2.23. The van der Waals surface area contributed by atoms with E-state index in [0.29, 0.717) is 35.5 Å². The van der Waals surface area contributed by atoms with Gasteiger partial charge in [-0.25, -0.2) is 0 Å². The third-order valence-corrected chi connectivity index (χ3v) is 10.0. The van der Waals surface area contributed by atoms with Gasteiger partial charge in [-0.15, -0.1) is 0 Å². The van der Waals surface area contributed by atoms with E-state index < -0.39 is 28.6 Å². The van der Waals surface area contributed by atoms with Crippen LogP contribution in [0.3, 0.4) is 0 Å². The Hall–Kier alpha value is -2.63. The SMILES string of the molecule is CC(=O)Oc1ccccc1OC[Si](C)(C)O[Si](C)(C)COc1ccccc1OC(C)=O. The number of carbonyl (C=O) groups excluding carboxylic acids is 2. The Morgan fingerprint density at radius 2 is 0.968 bits per heavy atom. The molecule has 0 heterocycles. The zero-order chi connectivity index (χ0) is 23.1. The van der Waals surface area contributed by atoms with Gasteiger partial charge in [0, 0.05) is 13.8 Å². The van der Waals surface area contributed by atoms with Gasteiger partial charge in [0.1, 0.15) is 12.5 Å². The first kappa shape index (κ1) is 24.6. The Morgan fingerprint density at radius 1 is 0.645 bits per heavy atom. The van der Waals surface area contributed by atoms with Crippen molar-refractivity contribution in [3.63, 3.8) is 0 Å². The summed E-state index contributed by atoms with van der Waals surface area (Å²) in [6.07, 6.45) is 0.789. The Morgan fingerprint density at radius 3 is 1.29 bits per heavy atom. The number of rotatable bonds is 10. The van der Waals surface area contributed by atoms with Gasteiger partial charge in [0.25, 0.3) is 0 Å². The first-order valence-corrected chi connectivity index (χ1v) is 16.2. The van der Waals surface area contributed by atoms with Gasteiger partial charge in [-0.05, 0) is 50.5 Å². The van der Waals surface area contributed by atoms with Crippen LogP contribution in [-0.4, -0.2) is 41.0 Å². The molecule has 0 aliphatic heterocycles. The molecule has 7 nitrogen and oxygen atoms in total. The quantitative estimate of drug-likeness (QED) is 0.292. The van der Waals surface area contributed by atoms with Crippen molar-refractivity contribution in [3.8, 4) is 23.0 Å². The molecule has 168 valence electrons. The second-order valence-corrected chi connectivity index (χ2v) is 16.7. The van der Waals surface area contributed by atoms with Crippen LogP contribution < -0.4 is 18.9 Å². The van der Waals surface area contributed by atoms with Gasteiger partial charge < -0.3 is 23.1 Å². The lowest BCUT2D eigenvalue weighted by molar-refractivity contribution is -0.132. The second-order valence-electron chi connectivity index (χ2n) is 8.28. The number of carbonyl (C=O) groups is 2. The van der Waals surface area contributed by atoms with Gasteiger partial charge >= 0.3 is 11.9 Å². The predicted molar refractivity (Wildman–Crippen MR) is 123 cm³/mol. The van der Waals surface area contributed by atoms with Crippen molar-refractivity contribution in [1.29, 1.82) is 0 Å². The lowest BCUT2D eigenvalue weighted by Crippen LogP contribution is -2.51. The third-order valence-electron chi connectivity index (χ3n) is 3.91. The second kappa shape index (κ2) is 10.6. The van der Waals surface area contributed by atoms with E-state index in [9.17, 15) is 9.59 Å². The molecule has 0 atom stereocenters. The van der Waals surface area contributed by atoms with E-state index in [-0.39, 0.29) is 0 Å². The van der Waals surface area contributed by atoms with Crippen LogP contribution >= 0.6 is 0 Å². The molecule has 0 N–H and O–H groups in total. The van der Waals surface area contributed by atoms with Crippen LogP contribution in [0.15, 0.2) is 48.5 Å². The summed E-state index contributed by atoms with van der Waals surface area (Å²) in [5, 5.41) is 0. The molecule has 0 amide bonds. The van der Waals surface area contributed by atoms with E-state index in [0.717, 1.165) is 0 Å². The van der Waals surface area contributed by atoms with Crippen LogP contribution in [0.2, 0.25) is 26.2 Å². The summed E-state index contributed by atoms with van der Waals surface area (Å²) < 4.78 is 28.8. The molecule has 0 radical (unpaired) electrons. The Bertz CT molecular complexity index is 839. The van der Waals surface area contributed by atoms with Gasteiger partial charge in [0.2, 0.25) is 16.6 Å². The summed E-state index contributed by atoms with van der Waals surface area (Å²) in [5.41, 5.74) is 0. The molecule has 2 aromatic carbocycles. The predicted octanol–water partition coefficient (Wildman–Crippen LogP) is 4.50. The Balaban J connectivity index is 1.98. The maximum Gasteiger partial charge on any atom is 0.308 e. The van der Waals surface area contributed by atoms with E-state index in [2.05, 4.69) is 26.2 Å². The average molecular weight is 463 g/mol.